The zero-order chi connectivity index (χ0) is 32.2. The highest BCUT2D eigenvalue weighted by molar-refractivity contribution is 5.58. The van der Waals surface area contributed by atoms with Gasteiger partial charge in [0.05, 0.1) is 42.9 Å². The van der Waals surface area contributed by atoms with Crippen LogP contribution in [0.25, 0.3) is 0 Å². The van der Waals surface area contributed by atoms with Crippen LogP contribution in [0.15, 0.2) is 24.3 Å². The smallest absolute Gasteiger partial charge is 0.269 e. The fourth-order valence-electron chi connectivity index (χ4n) is 4.94. The number of carbonyl (C=O) groups is 1. The first-order valence-electron chi connectivity index (χ1n) is 13.1. The van der Waals surface area contributed by atoms with E-state index in [-0.39, 0.29) is 17.5 Å². The molecule has 0 radical (unpaired) electrons. The van der Waals surface area contributed by atoms with Gasteiger partial charge < -0.3 is 81.8 Å². The van der Waals surface area contributed by atoms with E-state index in [9.17, 15) is 55.8 Å². The minimum atomic E-state index is -2.47. The van der Waals surface area contributed by atoms with Crippen molar-refractivity contribution >= 4 is 12.0 Å². The Labute approximate surface area is 244 Å². The summed E-state index contributed by atoms with van der Waals surface area (Å²) in [4.78, 5) is 21.8. The standard InChI is InChI=1S/C24H38N4O15/c25-11(5-29)16(34)20(12(33)6-30)43-24(9-1-3-10(4-2-9)28(38)39)22(27)19(37)21(14(8-32)42-24)41-23-15(26)18(36)17(35)13(7-31)40-23/h1-5,11-23,30-37H,6-8,25-27H2/t11-,12+,13+,14+,15+,16+,17+,18+,19-,20+,21+,22+,23-,24-/m0/s1. The predicted molar refractivity (Wildman–Crippen MR) is 139 cm³/mol. The van der Waals surface area contributed by atoms with E-state index in [0.29, 0.717) is 0 Å². The number of benzene rings is 1. The van der Waals surface area contributed by atoms with Crippen LogP contribution in [0.1, 0.15) is 5.56 Å². The van der Waals surface area contributed by atoms with E-state index >= 15 is 0 Å². The molecule has 1 aromatic carbocycles. The number of rotatable bonds is 13. The fraction of sp³-hybridized carbons (Fsp3) is 0.708. The van der Waals surface area contributed by atoms with Gasteiger partial charge in [-0.2, -0.15) is 0 Å². The van der Waals surface area contributed by atoms with E-state index in [1.807, 2.05) is 0 Å². The number of nitro benzene ring substituents is 1. The molecule has 3 rings (SSSR count). The summed E-state index contributed by atoms with van der Waals surface area (Å²) in [6.45, 7) is -2.69. The van der Waals surface area contributed by atoms with Crippen molar-refractivity contribution in [2.24, 2.45) is 17.2 Å². The first-order valence-corrected chi connectivity index (χ1v) is 13.1. The molecule has 1 aromatic rings. The predicted octanol–water partition coefficient (Wildman–Crippen LogP) is -6.40. The van der Waals surface area contributed by atoms with Gasteiger partial charge in [0.1, 0.15) is 61.2 Å². The van der Waals surface area contributed by atoms with Crippen LogP contribution < -0.4 is 17.2 Å². The number of ether oxygens (including phenoxy) is 4. The third kappa shape index (κ3) is 7.01. The molecule has 0 saturated carbocycles. The lowest BCUT2D eigenvalue weighted by atomic mass is 9.85. The zero-order valence-electron chi connectivity index (χ0n) is 22.6. The van der Waals surface area contributed by atoms with E-state index in [4.69, 9.17) is 36.1 Å². The number of nitrogens with two attached hydrogens (primary N) is 3. The molecule has 2 fully saturated rings. The minimum absolute atomic E-state index is 0.131. The molecular formula is C24H38N4O15. The third-order valence-electron chi connectivity index (χ3n) is 7.48. The molecule has 2 aliphatic heterocycles. The van der Waals surface area contributed by atoms with Crippen molar-refractivity contribution in [3.8, 4) is 0 Å². The zero-order valence-corrected chi connectivity index (χ0v) is 22.6. The van der Waals surface area contributed by atoms with Crippen LogP contribution in [-0.2, 0) is 29.5 Å². The van der Waals surface area contributed by atoms with Crippen LogP contribution in [0.2, 0.25) is 0 Å². The highest BCUT2D eigenvalue weighted by atomic mass is 16.7. The number of aliphatic hydroxyl groups is 8. The quantitative estimate of drug-likeness (QED) is 0.0553. The van der Waals surface area contributed by atoms with Gasteiger partial charge in [-0.25, -0.2) is 0 Å². The summed E-state index contributed by atoms with van der Waals surface area (Å²) >= 11 is 0. The Morgan fingerprint density at radius 2 is 1.63 bits per heavy atom. The number of carbonyl (C=O) groups excluding carboxylic acids is 1. The number of nitrogens with zero attached hydrogens (tertiary/aromatic N) is 1. The molecule has 0 amide bonds. The highest BCUT2D eigenvalue weighted by Crippen LogP contribution is 2.42. The molecule has 0 aliphatic carbocycles. The molecule has 2 heterocycles. The molecule has 0 bridgehead atoms. The summed E-state index contributed by atoms with van der Waals surface area (Å²) < 4.78 is 23.1. The first kappa shape index (κ1) is 35.2. The number of hydrogen-bond acceptors (Lipinski definition) is 18. The third-order valence-corrected chi connectivity index (χ3v) is 7.48. The van der Waals surface area contributed by atoms with Gasteiger partial charge in [0, 0.05) is 17.7 Å². The molecule has 0 unspecified atom stereocenters. The van der Waals surface area contributed by atoms with Crippen molar-refractivity contribution in [2.45, 2.75) is 85.1 Å². The summed E-state index contributed by atoms with van der Waals surface area (Å²) in [6.07, 6.45) is -16.9. The monoisotopic (exact) mass is 622 g/mol. The van der Waals surface area contributed by atoms with Gasteiger partial charge in [0.15, 0.2) is 6.29 Å². The number of nitro groups is 1. The molecule has 2 aliphatic rings. The topological polar surface area (TPSA) is 337 Å². The van der Waals surface area contributed by atoms with Crippen molar-refractivity contribution in [1.29, 1.82) is 0 Å². The molecule has 2 saturated heterocycles. The number of aldehydes is 1. The van der Waals surface area contributed by atoms with Crippen molar-refractivity contribution in [3.05, 3.63) is 39.9 Å². The van der Waals surface area contributed by atoms with Gasteiger partial charge >= 0.3 is 0 Å². The normalized spacial score (nSPS) is 37.7. The van der Waals surface area contributed by atoms with E-state index in [0.717, 1.165) is 24.3 Å². The van der Waals surface area contributed by atoms with Crippen LogP contribution in [0, 0.1) is 10.1 Å². The molecule has 43 heavy (non-hydrogen) atoms. The summed E-state index contributed by atoms with van der Waals surface area (Å²) in [6, 6.07) is -0.541. The lowest BCUT2D eigenvalue weighted by Crippen LogP contribution is -2.71. The molecule has 14 N–H and O–H groups in total. The second-order valence-corrected chi connectivity index (χ2v) is 10.2. The SMILES string of the molecule is N[C@H]1[C@H](O[C@H]2[C@H](O)[C@@H](N)[C@@](O[C@@H]([C@H](O)[C@@H](N)C=O)[C@H](O)CO)(c3ccc([N+](=O)[O-])cc3)O[C@@H]2CO)O[C@H](CO)[C@@H](O)[C@@H]1O. The van der Waals surface area contributed by atoms with Crippen molar-refractivity contribution in [3.63, 3.8) is 0 Å². The second-order valence-electron chi connectivity index (χ2n) is 10.2. The Hall–Kier alpha value is -2.31. The lowest BCUT2D eigenvalue weighted by molar-refractivity contribution is -0.386. The van der Waals surface area contributed by atoms with Crippen LogP contribution in [-0.4, -0.2) is 151 Å². The fourth-order valence-corrected chi connectivity index (χ4v) is 4.94. The van der Waals surface area contributed by atoms with Crippen LogP contribution in [0.3, 0.4) is 0 Å². The van der Waals surface area contributed by atoms with E-state index < -0.39 is 110 Å². The molecule has 244 valence electrons. The second kappa shape index (κ2) is 14.6. The van der Waals surface area contributed by atoms with Gasteiger partial charge in [-0.05, 0) is 12.1 Å². The average Bonchev–Trinajstić information content (AvgIpc) is 3.01. The van der Waals surface area contributed by atoms with Crippen LogP contribution >= 0.6 is 0 Å². The lowest BCUT2D eigenvalue weighted by Gasteiger charge is -2.53. The van der Waals surface area contributed by atoms with Crippen molar-refractivity contribution in [2.75, 3.05) is 19.8 Å². The van der Waals surface area contributed by atoms with E-state index in [1.54, 1.807) is 0 Å². The summed E-state index contributed by atoms with van der Waals surface area (Å²) in [5.74, 6) is -2.47. The Balaban J connectivity index is 2.07. The number of hydrogen-bond donors (Lipinski definition) is 11. The maximum Gasteiger partial charge on any atom is 0.269 e. The highest BCUT2D eigenvalue weighted by Gasteiger charge is 2.58. The van der Waals surface area contributed by atoms with Crippen molar-refractivity contribution in [1.82, 2.24) is 0 Å². The first-order chi connectivity index (χ1) is 20.3. The molecule has 0 aromatic heterocycles. The summed E-state index contributed by atoms with van der Waals surface area (Å²) in [5.41, 5.74) is 17.5. The largest absolute Gasteiger partial charge is 0.394 e. The van der Waals surface area contributed by atoms with Gasteiger partial charge in [-0.15, -0.1) is 0 Å². The van der Waals surface area contributed by atoms with Gasteiger partial charge in [0.25, 0.3) is 5.69 Å². The maximum absolute atomic E-state index is 11.4. The molecule has 19 heteroatoms. The number of aliphatic hydroxyl groups excluding tert-OH is 8. The van der Waals surface area contributed by atoms with Gasteiger partial charge in [-0.1, -0.05) is 0 Å². The van der Waals surface area contributed by atoms with Crippen LogP contribution in [0.5, 0.6) is 0 Å². The molecule has 14 atom stereocenters. The van der Waals surface area contributed by atoms with E-state index in [2.05, 4.69) is 0 Å². The average molecular weight is 623 g/mol. The Bertz CT molecular complexity index is 1070. The molecule has 19 nitrogen and oxygen atoms in total. The van der Waals surface area contributed by atoms with Crippen molar-refractivity contribution < 1.29 is 69.5 Å². The molecular weight excluding hydrogens is 584 g/mol. The van der Waals surface area contributed by atoms with Gasteiger partial charge in [0.2, 0.25) is 5.79 Å². The summed E-state index contributed by atoms with van der Waals surface area (Å²) in [7, 11) is 0. The minimum Gasteiger partial charge on any atom is -0.394 e. The summed E-state index contributed by atoms with van der Waals surface area (Å²) in [5, 5.41) is 93.6. The Morgan fingerprint density at radius 1 is 1.02 bits per heavy atom. The maximum atomic E-state index is 11.4. The number of non-ortho nitro benzene ring substituents is 1. The Kier molecular flexibility index (Phi) is 12.0. The van der Waals surface area contributed by atoms with Crippen LogP contribution in [0.4, 0.5) is 5.69 Å². The van der Waals surface area contributed by atoms with Gasteiger partial charge in [-0.3, -0.25) is 10.1 Å². The Morgan fingerprint density at radius 3 is 2.14 bits per heavy atom. The van der Waals surface area contributed by atoms with E-state index in [1.165, 1.54) is 0 Å². The molecule has 0 spiro atoms.